The molecule has 1 aliphatic heterocycles. The first-order valence-electron chi connectivity index (χ1n) is 8.77. The predicted molar refractivity (Wildman–Crippen MR) is 101 cm³/mol. The number of piperidine rings is 1. The van der Waals surface area contributed by atoms with Crippen molar-refractivity contribution in [1.82, 2.24) is 4.31 Å². The molecule has 0 spiro atoms. The maximum Gasteiger partial charge on any atom is 0.365 e. The largest absolute Gasteiger partial charge is 0.383 e. The molecule has 7 nitrogen and oxygen atoms in total. The minimum Gasteiger partial charge on any atom is -0.383 e. The van der Waals surface area contributed by atoms with Crippen molar-refractivity contribution >= 4 is 21.8 Å². The van der Waals surface area contributed by atoms with Crippen LogP contribution in [0.1, 0.15) is 29.6 Å². The summed E-state index contributed by atoms with van der Waals surface area (Å²) in [5, 5.41) is 3.67. The summed E-state index contributed by atoms with van der Waals surface area (Å²) in [5.74, 6) is -1.31. The van der Waals surface area contributed by atoms with Crippen LogP contribution in [0.3, 0.4) is 0 Å². The lowest BCUT2D eigenvalue weighted by molar-refractivity contribution is 0.0512. The fourth-order valence-corrected chi connectivity index (χ4v) is 4.68. The van der Waals surface area contributed by atoms with Gasteiger partial charge in [-0.1, -0.05) is 29.8 Å². The summed E-state index contributed by atoms with van der Waals surface area (Å²) >= 11 is 0. The van der Waals surface area contributed by atoms with Crippen LogP contribution in [-0.4, -0.2) is 37.1 Å². The van der Waals surface area contributed by atoms with Gasteiger partial charge in [-0.25, -0.2) is 17.6 Å². The summed E-state index contributed by atoms with van der Waals surface area (Å²) in [5.41, 5.74) is 6.27. The standard InChI is InChI=1S/C19H20FN3O4S/c20-15-9-11-16(12-10-15)28(25,26)23-13-5-4-8-17(23)18(21)22-27-19(24)14-6-2-1-3-7-14/h1-3,6-7,9-12,17H,4-5,8,13H2,(H2,21,22). The number of nitrogens with zero attached hydrogens (tertiary/aromatic N) is 2. The zero-order chi connectivity index (χ0) is 20.1. The third-order valence-electron chi connectivity index (χ3n) is 4.46. The minimum atomic E-state index is -3.90. The Morgan fingerprint density at radius 1 is 1.11 bits per heavy atom. The lowest BCUT2D eigenvalue weighted by Gasteiger charge is -2.33. The number of benzene rings is 2. The molecule has 2 aromatic carbocycles. The number of hydrogen-bond acceptors (Lipinski definition) is 5. The summed E-state index contributed by atoms with van der Waals surface area (Å²) in [6.07, 6.45) is 1.86. The first-order chi connectivity index (χ1) is 13.4. The van der Waals surface area contributed by atoms with Crippen molar-refractivity contribution in [1.29, 1.82) is 0 Å². The Morgan fingerprint density at radius 3 is 2.46 bits per heavy atom. The molecule has 0 aromatic heterocycles. The Labute approximate surface area is 162 Å². The SMILES string of the molecule is NC(=NOC(=O)c1ccccc1)C1CCCCN1S(=O)(=O)c1ccc(F)cc1. The highest BCUT2D eigenvalue weighted by molar-refractivity contribution is 7.89. The summed E-state index contributed by atoms with van der Waals surface area (Å²) in [7, 11) is -3.90. The number of amidine groups is 1. The van der Waals surface area contributed by atoms with E-state index in [4.69, 9.17) is 10.6 Å². The Balaban J connectivity index is 1.80. The van der Waals surface area contributed by atoms with Crippen LogP contribution in [0.5, 0.6) is 0 Å². The van der Waals surface area contributed by atoms with E-state index < -0.39 is 27.9 Å². The van der Waals surface area contributed by atoms with Gasteiger partial charge in [0.15, 0.2) is 5.84 Å². The van der Waals surface area contributed by atoms with Gasteiger partial charge in [-0.2, -0.15) is 4.31 Å². The molecule has 1 atom stereocenters. The number of sulfonamides is 1. The van der Waals surface area contributed by atoms with Gasteiger partial charge >= 0.3 is 5.97 Å². The fraction of sp³-hybridized carbons (Fsp3) is 0.263. The zero-order valence-electron chi connectivity index (χ0n) is 15.0. The van der Waals surface area contributed by atoms with Crippen LogP contribution in [-0.2, 0) is 14.9 Å². The average Bonchev–Trinajstić information content (AvgIpc) is 2.72. The normalized spacial score (nSPS) is 18.6. The van der Waals surface area contributed by atoms with Crippen molar-refractivity contribution in [2.45, 2.75) is 30.2 Å². The molecule has 3 rings (SSSR count). The van der Waals surface area contributed by atoms with E-state index in [1.54, 1.807) is 30.3 Å². The van der Waals surface area contributed by atoms with Gasteiger partial charge in [0.2, 0.25) is 10.0 Å². The molecule has 28 heavy (non-hydrogen) atoms. The quantitative estimate of drug-likeness (QED) is 0.356. The number of nitrogens with two attached hydrogens (primary N) is 1. The van der Waals surface area contributed by atoms with Gasteiger partial charge in [-0.05, 0) is 49.2 Å². The molecule has 2 aromatic rings. The molecule has 0 amide bonds. The van der Waals surface area contributed by atoms with Crippen molar-refractivity contribution < 1.29 is 22.4 Å². The van der Waals surface area contributed by atoms with Crippen molar-refractivity contribution in [3.05, 3.63) is 66.0 Å². The second-order valence-electron chi connectivity index (χ2n) is 6.34. The Morgan fingerprint density at radius 2 is 1.79 bits per heavy atom. The molecule has 1 saturated heterocycles. The average molecular weight is 405 g/mol. The number of carbonyl (C=O) groups excluding carboxylic acids is 1. The van der Waals surface area contributed by atoms with Gasteiger partial charge in [0.25, 0.3) is 0 Å². The van der Waals surface area contributed by atoms with E-state index in [1.807, 2.05) is 0 Å². The highest BCUT2D eigenvalue weighted by Gasteiger charge is 2.36. The highest BCUT2D eigenvalue weighted by Crippen LogP contribution is 2.25. The van der Waals surface area contributed by atoms with E-state index in [-0.39, 0.29) is 17.3 Å². The molecule has 9 heteroatoms. The highest BCUT2D eigenvalue weighted by atomic mass is 32.2. The molecule has 1 fully saturated rings. The van der Waals surface area contributed by atoms with Crippen molar-refractivity contribution in [2.75, 3.05) is 6.54 Å². The molecule has 0 radical (unpaired) electrons. The summed E-state index contributed by atoms with van der Waals surface area (Å²) in [4.78, 5) is 16.9. The van der Waals surface area contributed by atoms with Crippen molar-refractivity contribution in [2.24, 2.45) is 10.9 Å². The molecule has 1 aliphatic rings. The maximum atomic E-state index is 13.1. The molecular weight excluding hydrogens is 385 g/mol. The zero-order valence-corrected chi connectivity index (χ0v) is 15.8. The van der Waals surface area contributed by atoms with Gasteiger partial charge in [0.1, 0.15) is 5.82 Å². The number of oxime groups is 1. The summed E-state index contributed by atoms with van der Waals surface area (Å²) in [6.45, 7) is 0.243. The van der Waals surface area contributed by atoms with Crippen LogP contribution in [0.25, 0.3) is 0 Å². The van der Waals surface area contributed by atoms with E-state index >= 15 is 0 Å². The van der Waals surface area contributed by atoms with Crippen LogP contribution < -0.4 is 5.73 Å². The summed E-state index contributed by atoms with van der Waals surface area (Å²) in [6, 6.07) is 12.1. The molecule has 148 valence electrons. The number of halogens is 1. The molecule has 1 unspecified atom stereocenters. The van der Waals surface area contributed by atoms with E-state index in [0.717, 1.165) is 18.6 Å². The van der Waals surface area contributed by atoms with Crippen LogP contribution >= 0.6 is 0 Å². The van der Waals surface area contributed by atoms with Gasteiger partial charge in [0, 0.05) is 6.54 Å². The lowest BCUT2D eigenvalue weighted by Crippen LogP contribution is -2.50. The van der Waals surface area contributed by atoms with Crippen LogP contribution in [0.4, 0.5) is 4.39 Å². The second kappa shape index (κ2) is 8.49. The predicted octanol–water partition coefficient (Wildman–Crippen LogP) is 2.50. The molecule has 0 saturated carbocycles. The molecule has 0 aliphatic carbocycles. The van der Waals surface area contributed by atoms with Gasteiger partial charge in [-0.3, -0.25) is 0 Å². The van der Waals surface area contributed by atoms with Crippen LogP contribution in [0.15, 0.2) is 64.6 Å². The van der Waals surface area contributed by atoms with Crippen molar-refractivity contribution in [3.63, 3.8) is 0 Å². The lowest BCUT2D eigenvalue weighted by atomic mass is 10.0. The number of rotatable bonds is 5. The molecule has 1 heterocycles. The Hall–Kier alpha value is -2.78. The Kier molecular flexibility index (Phi) is 6.05. The van der Waals surface area contributed by atoms with Gasteiger partial charge < -0.3 is 10.6 Å². The maximum absolute atomic E-state index is 13.1. The van der Waals surface area contributed by atoms with Gasteiger partial charge in [0.05, 0.1) is 16.5 Å². The third kappa shape index (κ3) is 4.37. The van der Waals surface area contributed by atoms with E-state index in [2.05, 4.69) is 5.16 Å². The number of carbonyl (C=O) groups is 1. The first-order valence-corrected chi connectivity index (χ1v) is 10.2. The summed E-state index contributed by atoms with van der Waals surface area (Å²) < 4.78 is 40.3. The first kappa shape index (κ1) is 20.0. The van der Waals surface area contributed by atoms with E-state index in [9.17, 15) is 17.6 Å². The second-order valence-corrected chi connectivity index (χ2v) is 8.23. The Bertz CT molecular complexity index is 962. The monoisotopic (exact) mass is 405 g/mol. The van der Waals surface area contributed by atoms with Crippen molar-refractivity contribution in [3.8, 4) is 0 Å². The topological polar surface area (TPSA) is 102 Å². The minimum absolute atomic E-state index is 0.0325. The fourth-order valence-electron chi connectivity index (χ4n) is 3.01. The molecular formula is C19H20FN3O4S. The smallest absolute Gasteiger partial charge is 0.365 e. The van der Waals surface area contributed by atoms with Gasteiger partial charge in [-0.15, -0.1) is 0 Å². The van der Waals surface area contributed by atoms with Crippen LogP contribution in [0, 0.1) is 5.82 Å². The third-order valence-corrected chi connectivity index (χ3v) is 6.38. The molecule has 2 N–H and O–H groups in total. The van der Waals surface area contributed by atoms with E-state index in [1.165, 1.54) is 16.4 Å². The molecule has 0 bridgehead atoms. The van der Waals surface area contributed by atoms with E-state index in [0.29, 0.717) is 18.4 Å². The van der Waals surface area contributed by atoms with Crippen LogP contribution in [0.2, 0.25) is 0 Å². The number of hydrogen-bond donors (Lipinski definition) is 1.